The lowest BCUT2D eigenvalue weighted by molar-refractivity contribution is 0.628. The van der Waals surface area contributed by atoms with E-state index >= 15 is 0 Å². The Morgan fingerprint density at radius 1 is 1.13 bits per heavy atom. The summed E-state index contributed by atoms with van der Waals surface area (Å²) in [5, 5.41) is 0. The van der Waals surface area contributed by atoms with Gasteiger partial charge in [-0.25, -0.2) is 20.2 Å². The van der Waals surface area contributed by atoms with Crippen LogP contribution in [0.1, 0.15) is 0 Å². The molecule has 0 bridgehead atoms. The monoisotopic (exact) mass is 204 g/mol. The number of nitrogen functional groups attached to an aromatic ring is 1. The van der Waals surface area contributed by atoms with Crippen LogP contribution in [0.4, 0.5) is 10.2 Å². The largest absolute Gasteiger partial charge is 0.308 e. The third-order valence-electron chi connectivity index (χ3n) is 1.91. The van der Waals surface area contributed by atoms with Crippen LogP contribution in [0.25, 0.3) is 11.4 Å². The Morgan fingerprint density at radius 3 is 2.53 bits per heavy atom. The lowest BCUT2D eigenvalue weighted by Gasteiger charge is -2.02. The van der Waals surface area contributed by atoms with E-state index in [2.05, 4.69) is 15.4 Å². The summed E-state index contributed by atoms with van der Waals surface area (Å²) in [4.78, 5) is 8.18. The molecule has 2 rings (SSSR count). The molecule has 0 aliphatic heterocycles. The summed E-state index contributed by atoms with van der Waals surface area (Å²) < 4.78 is 12.7. The average Bonchev–Trinajstić information content (AvgIpc) is 2.30. The second-order valence-corrected chi connectivity index (χ2v) is 2.92. The van der Waals surface area contributed by atoms with Crippen LogP contribution < -0.4 is 11.3 Å². The molecule has 1 aromatic heterocycles. The molecule has 1 aromatic carbocycles. The van der Waals surface area contributed by atoms with Crippen LogP contribution >= 0.6 is 0 Å². The van der Waals surface area contributed by atoms with Gasteiger partial charge in [0.05, 0.1) is 0 Å². The van der Waals surface area contributed by atoms with E-state index in [-0.39, 0.29) is 5.82 Å². The van der Waals surface area contributed by atoms with Gasteiger partial charge in [0.15, 0.2) is 5.82 Å². The maximum atomic E-state index is 12.7. The van der Waals surface area contributed by atoms with E-state index in [0.717, 1.165) is 5.56 Å². The number of rotatable bonds is 2. The van der Waals surface area contributed by atoms with Gasteiger partial charge in [-0.15, -0.1) is 0 Å². The van der Waals surface area contributed by atoms with Gasteiger partial charge in [0.1, 0.15) is 11.6 Å². The van der Waals surface area contributed by atoms with Crippen molar-refractivity contribution in [2.24, 2.45) is 5.84 Å². The summed E-state index contributed by atoms with van der Waals surface area (Å²) in [6, 6.07) is 7.60. The number of halogens is 1. The number of hydrogen-bond acceptors (Lipinski definition) is 4. The lowest BCUT2D eigenvalue weighted by Crippen LogP contribution is -2.09. The highest BCUT2D eigenvalue weighted by molar-refractivity contribution is 5.56. The molecular weight excluding hydrogens is 195 g/mol. The van der Waals surface area contributed by atoms with Gasteiger partial charge in [0.2, 0.25) is 0 Å². The molecule has 3 N–H and O–H groups in total. The number of nitrogens with one attached hydrogen (secondary N) is 1. The SMILES string of the molecule is NNc1ccnc(-c2ccc(F)cc2)n1. The second-order valence-electron chi connectivity index (χ2n) is 2.92. The minimum Gasteiger partial charge on any atom is -0.308 e. The Morgan fingerprint density at radius 2 is 1.87 bits per heavy atom. The zero-order valence-electron chi connectivity index (χ0n) is 7.81. The molecule has 4 nitrogen and oxygen atoms in total. The first-order chi connectivity index (χ1) is 7.29. The topological polar surface area (TPSA) is 63.8 Å². The zero-order chi connectivity index (χ0) is 10.7. The molecule has 1 heterocycles. The van der Waals surface area contributed by atoms with Gasteiger partial charge in [0, 0.05) is 17.8 Å². The van der Waals surface area contributed by atoms with Crippen LogP contribution in [-0.2, 0) is 0 Å². The fraction of sp³-hybridized carbons (Fsp3) is 0. The smallest absolute Gasteiger partial charge is 0.161 e. The quantitative estimate of drug-likeness (QED) is 0.575. The van der Waals surface area contributed by atoms with Crippen LogP contribution in [0.5, 0.6) is 0 Å². The summed E-state index contributed by atoms with van der Waals surface area (Å²) in [6.07, 6.45) is 1.58. The fourth-order valence-corrected chi connectivity index (χ4v) is 1.18. The standard InChI is InChI=1S/C10H9FN4/c11-8-3-1-7(2-4-8)10-13-6-5-9(14-10)15-12/h1-6H,12H2,(H,13,14,15). The molecule has 0 unspecified atom stereocenters. The predicted octanol–water partition coefficient (Wildman–Crippen LogP) is 1.57. The molecule has 5 heteroatoms. The van der Waals surface area contributed by atoms with Crippen molar-refractivity contribution in [1.29, 1.82) is 0 Å². The molecule has 0 saturated carbocycles. The summed E-state index contributed by atoms with van der Waals surface area (Å²) in [5.74, 6) is 5.96. The molecule has 2 aromatic rings. The Kier molecular flexibility index (Phi) is 2.55. The number of anilines is 1. The first-order valence-electron chi connectivity index (χ1n) is 4.35. The summed E-state index contributed by atoms with van der Waals surface area (Å²) in [7, 11) is 0. The fourth-order valence-electron chi connectivity index (χ4n) is 1.18. The molecule has 76 valence electrons. The molecular formula is C10H9FN4. The Hall–Kier alpha value is -2.01. The van der Waals surface area contributed by atoms with Gasteiger partial charge in [-0.2, -0.15) is 0 Å². The molecule has 0 atom stereocenters. The summed E-state index contributed by atoms with van der Waals surface area (Å²) >= 11 is 0. The Balaban J connectivity index is 2.40. The van der Waals surface area contributed by atoms with E-state index in [1.807, 2.05) is 0 Å². The van der Waals surface area contributed by atoms with Crippen LogP contribution in [-0.4, -0.2) is 9.97 Å². The van der Waals surface area contributed by atoms with E-state index in [9.17, 15) is 4.39 Å². The molecule has 0 fully saturated rings. The van der Waals surface area contributed by atoms with Crippen molar-refractivity contribution in [1.82, 2.24) is 9.97 Å². The highest BCUT2D eigenvalue weighted by Crippen LogP contribution is 2.15. The number of nitrogens with two attached hydrogens (primary N) is 1. The molecule has 15 heavy (non-hydrogen) atoms. The van der Waals surface area contributed by atoms with Crippen LogP contribution in [0.15, 0.2) is 36.5 Å². The van der Waals surface area contributed by atoms with E-state index < -0.39 is 0 Å². The van der Waals surface area contributed by atoms with Crippen molar-refractivity contribution in [3.05, 3.63) is 42.3 Å². The highest BCUT2D eigenvalue weighted by Gasteiger charge is 2.01. The minimum atomic E-state index is -0.285. The number of hydrogen-bond donors (Lipinski definition) is 2. The minimum absolute atomic E-state index is 0.285. The first-order valence-corrected chi connectivity index (χ1v) is 4.35. The molecule has 0 aliphatic carbocycles. The van der Waals surface area contributed by atoms with Crippen LogP contribution in [0.3, 0.4) is 0 Å². The van der Waals surface area contributed by atoms with Crippen LogP contribution in [0.2, 0.25) is 0 Å². The Labute approximate surface area is 86.0 Å². The van der Waals surface area contributed by atoms with E-state index in [1.165, 1.54) is 12.1 Å². The number of hydrazine groups is 1. The Bertz CT molecular complexity index is 455. The first kappa shape index (κ1) is 9.54. The van der Waals surface area contributed by atoms with Crippen molar-refractivity contribution < 1.29 is 4.39 Å². The number of benzene rings is 1. The van der Waals surface area contributed by atoms with Crippen molar-refractivity contribution in [2.75, 3.05) is 5.43 Å². The van der Waals surface area contributed by atoms with Crippen LogP contribution in [0, 0.1) is 5.82 Å². The number of nitrogens with zero attached hydrogens (tertiary/aromatic N) is 2. The van der Waals surface area contributed by atoms with Crippen molar-refractivity contribution in [3.63, 3.8) is 0 Å². The normalized spacial score (nSPS) is 10.0. The predicted molar refractivity (Wildman–Crippen MR) is 55.2 cm³/mol. The van der Waals surface area contributed by atoms with E-state index in [1.54, 1.807) is 24.4 Å². The molecule has 0 spiro atoms. The summed E-state index contributed by atoms with van der Waals surface area (Å²) in [6.45, 7) is 0. The van der Waals surface area contributed by atoms with Crippen molar-refractivity contribution in [3.8, 4) is 11.4 Å². The van der Waals surface area contributed by atoms with E-state index in [0.29, 0.717) is 11.6 Å². The van der Waals surface area contributed by atoms with Gasteiger partial charge in [0.25, 0.3) is 0 Å². The molecule has 0 saturated heterocycles. The third kappa shape index (κ3) is 2.08. The van der Waals surface area contributed by atoms with Gasteiger partial charge < -0.3 is 5.43 Å². The van der Waals surface area contributed by atoms with Crippen molar-refractivity contribution in [2.45, 2.75) is 0 Å². The third-order valence-corrected chi connectivity index (χ3v) is 1.91. The average molecular weight is 204 g/mol. The maximum Gasteiger partial charge on any atom is 0.161 e. The molecule has 0 aliphatic rings. The van der Waals surface area contributed by atoms with Gasteiger partial charge in [-0.3, -0.25) is 0 Å². The van der Waals surface area contributed by atoms with Gasteiger partial charge in [-0.1, -0.05) is 0 Å². The van der Waals surface area contributed by atoms with Gasteiger partial charge in [-0.05, 0) is 24.3 Å². The maximum absolute atomic E-state index is 12.7. The second kappa shape index (κ2) is 4.02. The van der Waals surface area contributed by atoms with Gasteiger partial charge >= 0.3 is 0 Å². The summed E-state index contributed by atoms with van der Waals surface area (Å²) in [5.41, 5.74) is 3.17. The molecule has 0 amide bonds. The van der Waals surface area contributed by atoms with E-state index in [4.69, 9.17) is 5.84 Å². The van der Waals surface area contributed by atoms with Crippen molar-refractivity contribution >= 4 is 5.82 Å². The lowest BCUT2D eigenvalue weighted by atomic mass is 10.2. The molecule has 0 radical (unpaired) electrons. The zero-order valence-corrected chi connectivity index (χ0v) is 7.81. The highest BCUT2D eigenvalue weighted by atomic mass is 19.1. The number of aromatic nitrogens is 2.